The molecule has 42 heavy (non-hydrogen) atoms. The lowest BCUT2D eigenvalue weighted by Crippen LogP contribution is -2.49. The van der Waals surface area contributed by atoms with E-state index in [9.17, 15) is 32.8 Å². The highest BCUT2D eigenvalue weighted by Gasteiger charge is 2.44. The first-order valence-electron chi connectivity index (χ1n) is 13.4. The van der Waals surface area contributed by atoms with E-state index in [1.54, 1.807) is 11.8 Å². The molecule has 1 fully saturated rings. The van der Waals surface area contributed by atoms with Crippen molar-refractivity contribution in [3.63, 3.8) is 0 Å². The summed E-state index contributed by atoms with van der Waals surface area (Å²) in [5.41, 5.74) is -0.305. The maximum atomic E-state index is 13.9. The van der Waals surface area contributed by atoms with Crippen LogP contribution in [0, 0.1) is 11.3 Å². The number of carbonyl (C=O) groups is 3. The van der Waals surface area contributed by atoms with Gasteiger partial charge >= 0.3 is 18.2 Å². The van der Waals surface area contributed by atoms with E-state index >= 15 is 0 Å². The second-order valence-electron chi connectivity index (χ2n) is 10.5. The van der Waals surface area contributed by atoms with Crippen molar-refractivity contribution in [2.75, 3.05) is 45.7 Å². The van der Waals surface area contributed by atoms with Crippen molar-refractivity contribution in [2.24, 2.45) is 0 Å². The van der Waals surface area contributed by atoms with Crippen LogP contribution in [0.5, 0.6) is 0 Å². The number of nitriles is 1. The smallest absolute Gasteiger partial charge is 0.416 e. The summed E-state index contributed by atoms with van der Waals surface area (Å²) in [7, 11) is 5.26. The Morgan fingerprint density at radius 3 is 2.48 bits per heavy atom. The first kappa shape index (κ1) is 30.6. The van der Waals surface area contributed by atoms with Crippen LogP contribution in [-0.2, 0) is 15.7 Å². The minimum atomic E-state index is -4.65. The number of amides is 3. The summed E-state index contributed by atoms with van der Waals surface area (Å²) < 4.78 is 45.9. The Bertz CT molecular complexity index is 1480. The average molecular weight is 584 g/mol. The lowest BCUT2D eigenvalue weighted by atomic mass is 9.88. The van der Waals surface area contributed by atoms with E-state index in [2.05, 4.69) is 0 Å². The van der Waals surface area contributed by atoms with E-state index in [0.29, 0.717) is 18.7 Å². The van der Waals surface area contributed by atoms with Crippen LogP contribution in [0.2, 0.25) is 0 Å². The molecule has 1 saturated heterocycles. The molecule has 2 aliphatic rings. The first-order chi connectivity index (χ1) is 19.8. The molecule has 2 aliphatic heterocycles. The Morgan fingerprint density at radius 1 is 1.17 bits per heavy atom. The van der Waals surface area contributed by atoms with Crippen LogP contribution >= 0.6 is 0 Å². The van der Waals surface area contributed by atoms with Crippen molar-refractivity contribution in [1.29, 1.82) is 5.26 Å². The molecule has 2 heterocycles. The number of allylic oxidation sites excluding steroid dienone is 1. The summed E-state index contributed by atoms with van der Waals surface area (Å²) in [6.07, 6.45) is -3.89. The predicted molar refractivity (Wildman–Crippen MR) is 148 cm³/mol. The second kappa shape index (κ2) is 11.9. The standard InChI is InChI=1S/C30H32F3N5O4/c1-6-42-28(40)25-18(2)38(21-9-7-8-20(15-21)30(31,32)33)29(41)36(5)26(25)23-11-10-19(16-34)14-24(23)27(39)37-13-12-22(17-37)35(3)4/h7-11,14-15,22,26H,6,12-13,17H2,1-5H3/t22-,26?/m1/s1. The highest BCUT2D eigenvalue weighted by molar-refractivity contribution is 6.04. The molecule has 0 radical (unpaired) electrons. The number of likely N-dealkylation sites (N-methyl/N-ethyl adjacent to an activating group) is 2. The second-order valence-corrected chi connectivity index (χ2v) is 10.5. The van der Waals surface area contributed by atoms with Gasteiger partial charge in [0, 0.05) is 37.4 Å². The number of halogens is 3. The van der Waals surface area contributed by atoms with Crippen molar-refractivity contribution < 1.29 is 32.3 Å². The highest BCUT2D eigenvalue weighted by atomic mass is 19.4. The number of carbonyl (C=O) groups excluding carboxylic acids is 3. The summed E-state index contributed by atoms with van der Waals surface area (Å²) in [6.45, 7) is 4.01. The van der Waals surface area contributed by atoms with Gasteiger partial charge in [0.1, 0.15) is 0 Å². The minimum Gasteiger partial charge on any atom is -0.463 e. The number of hydrogen-bond donors (Lipinski definition) is 0. The molecule has 0 bridgehead atoms. The molecule has 12 heteroatoms. The normalized spacial score (nSPS) is 19.4. The monoisotopic (exact) mass is 583 g/mol. The van der Waals surface area contributed by atoms with Crippen molar-refractivity contribution in [2.45, 2.75) is 38.5 Å². The van der Waals surface area contributed by atoms with Gasteiger partial charge in [-0.2, -0.15) is 18.4 Å². The van der Waals surface area contributed by atoms with Crippen LogP contribution < -0.4 is 4.90 Å². The third kappa shape index (κ3) is 5.69. The average Bonchev–Trinajstić information content (AvgIpc) is 3.45. The number of benzene rings is 2. The molecule has 0 aromatic heterocycles. The summed E-state index contributed by atoms with van der Waals surface area (Å²) in [5, 5.41) is 9.60. The quantitative estimate of drug-likeness (QED) is 0.453. The third-order valence-electron chi connectivity index (χ3n) is 7.69. The molecule has 4 rings (SSSR count). The van der Waals surface area contributed by atoms with Gasteiger partial charge in [-0.1, -0.05) is 12.1 Å². The molecular formula is C30H32F3N5O4. The Labute approximate surface area is 242 Å². The summed E-state index contributed by atoms with van der Waals surface area (Å²) >= 11 is 0. The number of nitrogens with zero attached hydrogens (tertiary/aromatic N) is 5. The summed E-state index contributed by atoms with van der Waals surface area (Å²) in [5.74, 6) is -1.14. The zero-order valence-corrected chi connectivity index (χ0v) is 24.0. The van der Waals surface area contributed by atoms with Crippen LogP contribution in [-0.4, -0.2) is 79.5 Å². The number of hydrogen-bond acceptors (Lipinski definition) is 6. The van der Waals surface area contributed by atoms with Gasteiger partial charge in [0.2, 0.25) is 0 Å². The van der Waals surface area contributed by atoms with E-state index in [1.165, 1.54) is 49.2 Å². The van der Waals surface area contributed by atoms with Crippen LogP contribution in [0.25, 0.3) is 0 Å². The number of ether oxygens (including phenoxy) is 1. The summed E-state index contributed by atoms with van der Waals surface area (Å²) in [6, 6.07) is 9.09. The van der Waals surface area contributed by atoms with Crippen LogP contribution in [0.3, 0.4) is 0 Å². The van der Waals surface area contributed by atoms with Gasteiger partial charge in [-0.15, -0.1) is 0 Å². The largest absolute Gasteiger partial charge is 0.463 e. The molecule has 2 aromatic carbocycles. The summed E-state index contributed by atoms with van der Waals surface area (Å²) in [4.78, 5) is 47.1. The SMILES string of the molecule is CCOC(=O)C1=C(C)N(c2cccc(C(F)(F)F)c2)C(=O)N(C)C1c1ccc(C#N)cc1C(=O)N1CC[C@@H](N(C)C)C1. The number of anilines is 1. The predicted octanol–water partition coefficient (Wildman–Crippen LogP) is 4.80. The molecule has 1 unspecified atom stereocenters. The molecule has 0 spiro atoms. The van der Waals surface area contributed by atoms with Gasteiger partial charge in [-0.05, 0) is 70.3 Å². The van der Waals surface area contributed by atoms with E-state index in [-0.39, 0.29) is 46.6 Å². The number of esters is 1. The van der Waals surface area contributed by atoms with Crippen LogP contribution in [0.15, 0.2) is 53.7 Å². The molecule has 9 nitrogen and oxygen atoms in total. The van der Waals surface area contributed by atoms with Gasteiger partial charge in [-0.25, -0.2) is 9.59 Å². The van der Waals surface area contributed by atoms with Crippen molar-refractivity contribution in [3.05, 3.63) is 76.0 Å². The van der Waals surface area contributed by atoms with Gasteiger partial charge in [0.25, 0.3) is 5.91 Å². The Morgan fingerprint density at radius 2 is 1.88 bits per heavy atom. The minimum absolute atomic E-state index is 0.00239. The molecule has 0 aliphatic carbocycles. The lowest BCUT2D eigenvalue weighted by molar-refractivity contribution is -0.139. The van der Waals surface area contributed by atoms with E-state index in [4.69, 9.17) is 4.74 Å². The number of alkyl halides is 3. The first-order valence-corrected chi connectivity index (χ1v) is 13.4. The zero-order chi connectivity index (χ0) is 30.9. The van der Waals surface area contributed by atoms with Crippen molar-refractivity contribution in [1.82, 2.24) is 14.7 Å². The number of likely N-dealkylation sites (tertiary alicyclic amines) is 1. The topological polar surface area (TPSA) is 97.2 Å². The van der Waals surface area contributed by atoms with Gasteiger partial charge < -0.3 is 19.4 Å². The van der Waals surface area contributed by atoms with Crippen molar-refractivity contribution >= 4 is 23.6 Å². The fourth-order valence-corrected chi connectivity index (χ4v) is 5.45. The van der Waals surface area contributed by atoms with Crippen LogP contribution in [0.1, 0.15) is 53.4 Å². The van der Waals surface area contributed by atoms with Crippen molar-refractivity contribution in [3.8, 4) is 6.07 Å². The highest BCUT2D eigenvalue weighted by Crippen LogP contribution is 2.42. The van der Waals surface area contributed by atoms with Gasteiger partial charge in [0.15, 0.2) is 0 Å². The fraction of sp³-hybridized carbons (Fsp3) is 0.400. The molecule has 3 amide bonds. The maximum absolute atomic E-state index is 13.9. The van der Waals surface area contributed by atoms with Gasteiger partial charge in [0.05, 0.1) is 41.1 Å². The number of rotatable bonds is 6. The maximum Gasteiger partial charge on any atom is 0.416 e. The Hall–Kier alpha value is -4.37. The molecule has 2 aromatic rings. The van der Waals surface area contributed by atoms with E-state index in [1.807, 2.05) is 25.1 Å². The molecule has 0 N–H and O–H groups in total. The Kier molecular flexibility index (Phi) is 8.63. The lowest BCUT2D eigenvalue weighted by Gasteiger charge is -2.41. The third-order valence-corrected chi connectivity index (χ3v) is 7.69. The molecular weight excluding hydrogens is 551 g/mol. The molecule has 0 saturated carbocycles. The number of urea groups is 1. The Balaban J connectivity index is 1.89. The van der Waals surface area contributed by atoms with E-state index < -0.39 is 29.8 Å². The molecule has 2 atom stereocenters. The molecule has 222 valence electrons. The van der Waals surface area contributed by atoms with E-state index in [0.717, 1.165) is 23.5 Å². The zero-order valence-electron chi connectivity index (χ0n) is 24.0. The van der Waals surface area contributed by atoms with Gasteiger partial charge in [-0.3, -0.25) is 9.69 Å². The van der Waals surface area contributed by atoms with Crippen LogP contribution in [0.4, 0.5) is 23.7 Å². The fourth-order valence-electron chi connectivity index (χ4n) is 5.45.